The van der Waals surface area contributed by atoms with E-state index in [2.05, 4.69) is 31.1 Å². The molecule has 25 heavy (non-hydrogen) atoms. The maximum Gasteiger partial charge on any atom is 0.270 e. The number of hydrogen-bond acceptors (Lipinski definition) is 5. The highest BCUT2D eigenvalue weighted by Crippen LogP contribution is 2.23. The molecular weight excluding hydrogens is 358 g/mol. The molecule has 7 heteroatoms. The van der Waals surface area contributed by atoms with Gasteiger partial charge in [-0.05, 0) is 23.1 Å². The van der Waals surface area contributed by atoms with Crippen molar-refractivity contribution >= 4 is 29.7 Å². The minimum Gasteiger partial charge on any atom is -0.387 e. The fraction of sp³-hybridized carbons (Fsp3) is 0.444. The summed E-state index contributed by atoms with van der Waals surface area (Å²) in [5.74, 6) is -0.278. The average Bonchev–Trinajstić information content (AvgIpc) is 3.00. The normalized spacial score (nSPS) is 12.4. The lowest BCUT2D eigenvalue weighted by Gasteiger charge is -2.20. The molecule has 0 aliphatic carbocycles. The van der Waals surface area contributed by atoms with Gasteiger partial charge >= 0.3 is 0 Å². The molecule has 0 spiro atoms. The van der Waals surface area contributed by atoms with Crippen LogP contribution in [0.3, 0.4) is 0 Å². The zero-order valence-corrected chi connectivity index (χ0v) is 16.4. The lowest BCUT2D eigenvalue weighted by molar-refractivity contribution is 0.0912. The predicted octanol–water partition coefficient (Wildman–Crippen LogP) is 2.83. The number of rotatable bonds is 6. The van der Waals surface area contributed by atoms with Crippen LogP contribution in [0.2, 0.25) is 0 Å². The third-order valence-corrected chi connectivity index (χ3v) is 4.67. The van der Waals surface area contributed by atoms with E-state index >= 15 is 0 Å². The van der Waals surface area contributed by atoms with E-state index in [0.717, 1.165) is 10.6 Å². The summed E-state index contributed by atoms with van der Waals surface area (Å²) >= 11 is 1.42. The van der Waals surface area contributed by atoms with Gasteiger partial charge < -0.3 is 16.2 Å². The van der Waals surface area contributed by atoms with E-state index in [0.29, 0.717) is 18.7 Å². The lowest BCUT2D eigenvalue weighted by Crippen LogP contribution is -2.28. The van der Waals surface area contributed by atoms with Crippen molar-refractivity contribution in [3.8, 4) is 0 Å². The second kappa shape index (κ2) is 9.29. The maximum atomic E-state index is 12.1. The molecule has 2 aromatic rings. The lowest BCUT2D eigenvalue weighted by atomic mass is 9.86. The van der Waals surface area contributed by atoms with Crippen LogP contribution >= 0.6 is 23.7 Å². The number of carbonyl (C=O) groups is 1. The van der Waals surface area contributed by atoms with Gasteiger partial charge in [0, 0.05) is 18.3 Å². The van der Waals surface area contributed by atoms with Gasteiger partial charge in [0.05, 0.1) is 11.1 Å². The number of benzene rings is 1. The van der Waals surface area contributed by atoms with E-state index in [-0.39, 0.29) is 30.3 Å². The summed E-state index contributed by atoms with van der Waals surface area (Å²) in [6.07, 6.45) is -0.0779. The molecule has 1 aromatic heterocycles. The number of aliphatic hydroxyl groups is 1. The molecule has 1 atom stereocenters. The fourth-order valence-corrected chi connectivity index (χ4v) is 3.05. The highest BCUT2D eigenvalue weighted by Gasteiger charge is 2.16. The Kier molecular flexibility index (Phi) is 8.02. The van der Waals surface area contributed by atoms with Crippen LogP contribution in [0.5, 0.6) is 0 Å². The number of amides is 1. The molecule has 138 valence electrons. The molecule has 0 aliphatic heterocycles. The standard InChI is InChI=1S/C18H25N3O2S.ClH/c1-18(2,3)13-6-4-12(5-7-13)15(22)10-20-17(23)14-11-24-16(21-14)8-9-19;/h4-7,11,15,22H,8-10,19H2,1-3H3,(H,20,23);1H. The van der Waals surface area contributed by atoms with E-state index in [9.17, 15) is 9.90 Å². The van der Waals surface area contributed by atoms with Gasteiger partial charge in [0.2, 0.25) is 0 Å². The Balaban J connectivity index is 0.00000312. The minimum atomic E-state index is -0.745. The third kappa shape index (κ3) is 6.08. The molecule has 0 saturated heterocycles. The van der Waals surface area contributed by atoms with Crippen LogP contribution in [-0.2, 0) is 11.8 Å². The number of hydrogen-bond donors (Lipinski definition) is 3. The molecule has 2 rings (SSSR count). The molecule has 1 unspecified atom stereocenters. The van der Waals surface area contributed by atoms with E-state index < -0.39 is 6.10 Å². The Bertz CT molecular complexity index is 680. The van der Waals surface area contributed by atoms with Crippen molar-refractivity contribution in [2.45, 2.75) is 38.7 Å². The van der Waals surface area contributed by atoms with Gasteiger partial charge in [0.25, 0.3) is 5.91 Å². The molecule has 0 fully saturated rings. The number of halogens is 1. The Labute approximate surface area is 159 Å². The third-order valence-electron chi connectivity index (χ3n) is 3.76. The molecular formula is C18H26ClN3O2S. The number of thiazole rings is 1. The first kappa shape index (κ1) is 21.6. The summed E-state index contributed by atoms with van der Waals surface area (Å²) in [6.45, 7) is 7.09. The van der Waals surface area contributed by atoms with Gasteiger partial charge in [-0.2, -0.15) is 0 Å². The number of nitrogens with two attached hydrogens (primary N) is 1. The van der Waals surface area contributed by atoms with Crippen molar-refractivity contribution < 1.29 is 9.90 Å². The van der Waals surface area contributed by atoms with Crippen molar-refractivity contribution in [3.05, 3.63) is 51.5 Å². The largest absolute Gasteiger partial charge is 0.387 e. The first-order chi connectivity index (χ1) is 11.3. The Morgan fingerprint density at radius 1 is 1.32 bits per heavy atom. The van der Waals surface area contributed by atoms with E-state index in [4.69, 9.17) is 5.73 Å². The summed E-state index contributed by atoms with van der Waals surface area (Å²) < 4.78 is 0. The zero-order chi connectivity index (χ0) is 17.7. The van der Waals surface area contributed by atoms with Gasteiger partial charge in [0.15, 0.2) is 0 Å². The van der Waals surface area contributed by atoms with Gasteiger partial charge in [-0.25, -0.2) is 4.98 Å². The smallest absolute Gasteiger partial charge is 0.270 e. The van der Waals surface area contributed by atoms with Crippen molar-refractivity contribution in [1.29, 1.82) is 0 Å². The van der Waals surface area contributed by atoms with Crippen molar-refractivity contribution in [1.82, 2.24) is 10.3 Å². The Hall–Kier alpha value is -1.47. The van der Waals surface area contributed by atoms with Gasteiger partial charge in [0.1, 0.15) is 5.69 Å². The second-order valence-electron chi connectivity index (χ2n) is 6.76. The monoisotopic (exact) mass is 383 g/mol. The fourth-order valence-electron chi connectivity index (χ4n) is 2.26. The molecule has 1 heterocycles. The molecule has 0 aliphatic rings. The number of aliphatic hydroxyl groups excluding tert-OH is 1. The summed E-state index contributed by atoms with van der Waals surface area (Å²) in [4.78, 5) is 16.3. The summed E-state index contributed by atoms with van der Waals surface area (Å²) in [6, 6.07) is 7.83. The zero-order valence-electron chi connectivity index (χ0n) is 14.8. The van der Waals surface area contributed by atoms with Crippen LogP contribution in [0.25, 0.3) is 0 Å². The molecule has 0 saturated carbocycles. The van der Waals surface area contributed by atoms with Gasteiger partial charge in [-0.3, -0.25) is 4.79 Å². The Morgan fingerprint density at radius 2 is 1.96 bits per heavy atom. The van der Waals surface area contributed by atoms with Gasteiger partial charge in [-0.15, -0.1) is 23.7 Å². The van der Waals surface area contributed by atoms with Crippen LogP contribution in [0.15, 0.2) is 29.6 Å². The van der Waals surface area contributed by atoms with Crippen LogP contribution < -0.4 is 11.1 Å². The van der Waals surface area contributed by atoms with Gasteiger partial charge in [-0.1, -0.05) is 45.0 Å². The van der Waals surface area contributed by atoms with E-state index in [1.54, 1.807) is 5.38 Å². The molecule has 0 radical (unpaired) electrons. The average molecular weight is 384 g/mol. The first-order valence-electron chi connectivity index (χ1n) is 8.02. The number of nitrogens with one attached hydrogen (secondary N) is 1. The molecule has 0 bridgehead atoms. The quantitative estimate of drug-likeness (QED) is 0.715. The van der Waals surface area contributed by atoms with Crippen LogP contribution in [0.4, 0.5) is 0 Å². The summed E-state index contributed by atoms with van der Waals surface area (Å²) in [7, 11) is 0. The Morgan fingerprint density at radius 3 is 2.52 bits per heavy atom. The molecule has 1 aromatic carbocycles. The number of aromatic nitrogens is 1. The highest BCUT2D eigenvalue weighted by molar-refractivity contribution is 7.09. The van der Waals surface area contributed by atoms with Crippen LogP contribution in [0.1, 0.15) is 53.5 Å². The van der Waals surface area contributed by atoms with Crippen LogP contribution in [-0.4, -0.2) is 29.1 Å². The SMILES string of the molecule is CC(C)(C)c1ccc(C(O)CNC(=O)c2csc(CCN)n2)cc1.Cl. The first-order valence-corrected chi connectivity index (χ1v) is 8.90. The topological polar surface area (TPSA) is 88.2 Å². The number of nitrogens with zero attached hydrogens (tertiary/aromatic N) is 1. The van der Waals surface area contributed by atoms with Crippen LogP contribution in [0, 0.1) is 0 Å². The van der Waals surface area contributed by atoms with Crippen molar-refractivity contribution in [3.63, 3.8) is 0 Å². The molecule has 4 N–H and O–H groups in total. The molecule has 5 nitrogen and oxygen atoms in total. The number of carbonyl (C=O) groups excluding carboxylic acids is 1. The second-order valence-corrected chi connectivity index (χ2v) is 7.71. The predicted molar refractivity (Wildman–Crippen MR) is 105 cm³/mol. The van der Waals surface area contributed by atoms with E-state index in [1.165, 1.54) is 16.9 Å². The van der Waals surface area contributed by atoms with E-state index in [1.807, 2.05) is 24.3 Å². The van der Waals surface area contributed by atoms with Crippen molar-refractivity contribution in [2.75, 3.05) is 13.1 Å². The van der Waals surface area contributed by atoms with Crippen molar-refractivity contribution in [2.24, 2.45) is 5.73 Å². The summed E-state index contributed by atoms with van der Waals surface area (Å²) in [5.41, 5.74) is 7.91. The minimum absolute atomic E-state index is 0. The molecule has 1 amide bonds. The maximum absolute atomic E-state index is 12.1. The highest BCUT2D eigenvalue weighted by atomic mass is 35.5. The summed E-state index contributed by atoms with van der Waals surface area (Å²) in [5, 5.41) is 15.5.